The molecule has 7 nitrogen and oxygen atoms in total. The number of sulfonamides is 1. The average molecular weight is 401 g/mol. The van der Waals surface area contributed by atoms with E-state index in [1.54, 1.807) is 12.1 Å². The summed E-state index contributed by atoms with van der Waals surface area (Å²) in [5.41, 5.74) is 1.33. The molecule has 0 saturated carbocycles. The fraction of sp³-hybridized carbons (Fsp3) is 0.562. The van der Waals surface area contributed by atoms with Gasteiger partial charge in [0.2, 0.25) is 10.0 Å². The molecule has 10 heteroatoms. The van der Waals surface area contributed by atoms with Gasteiger partial charge in [-0.1, -0.05) is 0 Å². The van der Waals surface area contributed by atoms with Crippen LogP contribution in [0.1, 0.15) is 0 Å². The van der Waals surface area contributed by atoms with Crippen molar-refractivity contribution in [3.8, 4) is 0 Å². The SMILES string of the molecule is CS(=O)(=O)NC[C@H]1CN(c2ccc(N3CC4(CSC4)C3)c(F)c2)C(=O)O1. The van der Waals surface area contributed by atoms with Gasteiger partial charge in [-0.3, -0.25) is 4.90 Å². The predicted octanol–water partition coefficient (Wildman–Crippen LogP) is 1.25. The maximum Gasteiger partial charge on any atom is 0.414 e. The Bertz CT molecular complexity index is 836. The van der Waals surface area contributed by atoms with Crippen LogP contribution in [0, 0.1) is 11.2 Å². The number of carbonyl (C=O) groups excluding carboxylic acids is 1. The largest absolute Gasteiger partial charge is 0.443 e. The molecule has 1 amide bonds. The summed E-state index contributed by atoms with van der Waals surface area (Å²) < 4.78 is 44.3. The van der Waals surface area contributed by atoms with E-state index >= 15 is 0 Å². The molecular weight excluding hydrogens is 381 g/mol. The summed E-state index contributed by atoms with van der Waals surface area (Å²) >= 11 is 1.93. The lowest BCUT2D eigenvalue weighted by Crippen LogP contribution is -2.63. The minimum absolute atomic E-state index is 0.00445. The molecule has 4 rings (SSSR count). The predicted molar refractivity (Wildman–Crippen MR) is 98.8 cm³/mol. The van der Waals surface area contributed by atoms with Gasteiger partial charge in [-0.2, -0.15) is 11.8 Å². The molecular formula is C16H20FN3O4S2. The molecule has 1 spiro atoms. The Morgan fingerprint density at radius 2 is 2.12 bits per heavy atom. The lowest BCUT2D eigenvalue weighted by Gasteiger charge is -2.56. The van der Waals surface area contributed by atoms with E-state index in [2.05, 4.69) is 4.72 Å². The van der Waals surface area contributed by atoms with E-state index in [-0.39, 0.29) is 18.9 Å². The van der Waals surface area contributed by atoms with E-state index in [4.69, 9.17) is 4.74 Å². The van der Waals surface area contributed by atoms with Crippen molar-refractivity contribution in [2.24, 2.45) is 5.41 Å². The Morgan fingerprint density at radius 3 is 2.69 bits per heavy atom. The standard InChI is InChI=1S/C16H20FN3O4S2/c1-26(22,23)18-5-12-6-20(15(21)24-12)11-2-3-14(13(17)4-11)19-7-16(8-19)9-25-10-16/h2-4,12,18H,5-10H2,1H3/t12-/m0/s1. The molecule has 0 bridgehead atoms. The molecule has 0 radical (unpaired) electrons. The number of hydrogen-bond acceptors (Lipinski definition) is 6. The summed E-state index contributed by atoms with van der Waals surface area (Å²) in [5, 5.41) is 0. The van der Waals surface area contributed by atoms with E-state index in [9.17, 15) is 17.6 Å². The highest BCUT2D eigenvalue weighted by Gasteiger charge is 2.48. The highest BCUT2D eigenvalue weighted by Crippen LogP contribution is 2.47. The molecule has 0 aromatic heterocycles. The number of hydrogen-bond donors (Lipinski definition) is 1. The van der Waals surface area contributed by atoms with E-state index < -0.39 is 22.2 Å². The monoisotopic (exact) mass is 401 g/mol. The molecule has 1 N–H and O–H groups in total. The Hall–Kier alpha value is -1.52. The summed E-state index contributed by atoms with van der Waals surface area (Å²) in [7, 11) is -3.36. The Morgan fingerprint density at radius 1 is 1.38 bits per heavy atom. The minimum atomic E-state index is -3.36. The van der Waals surface area contributed by atoms with Gasteiger partial charge in [0.05, 0.1) is 24.2 Å². The molecule has 142 valence electrons. The van der Waals surface area contributed by atoms with Crippen molar-refractivity contribution in [2.75, 3.05) is 53.7 Å². The zero-order valence-corrected chi connectivity index (χ0v) is 15.9. The first-order valence-electron chi connectivity index (χ1n) is 8.30. The van der Waals surface area contributed by atoms with Crippen LogP contribution >= 0.6 is 11.8 Å². The third-order valence-corrected chi connectivity index (χ3v) is 7.22. The second-order valence-electron chi connectivity index (χ2n) is 7.22. The van der Waals surface area contributed by atoms with Crippen LogP contribution in [0.5, 0.6) is 0 Å². The van der Waals surface area contributed by atoms with Crippen molar-refractivity contribution in [3.63, 3.8) is 0 Å². The van der Waals surface area contributed by atoms with Crippen LogP contribution < -0.4 is 14.5 Å². The number of carbonyl (C=O) groups is 1. The Labute approximate surface area is 155 Å². The van der Waals surface area contributed by atoms with Gasteiger partial charge in [0, 0.05) is 36.6 Å². The number of halogens is 1. The summed E-state index contributed by atoms with van der Waals surface area (Å²) in [6, 6.07) is 4.73. The highest BCUT2D eigenvalue weighted by molar-refractivity contribution is 8.00. The van der Waals surface area contributed by atoms with Crippen molar-refractivity contribution in [1.82, 2.24) is 4.72 Å². The zero-order chi connectivity index (χ0) is 18.5. The molecule has 3 fully saturated rings. The summed E-state index contributed by atoms with van der Waals surface area (Å²) in [6.45, 7) is 1.92. The molecule has 3 saturated heterocycles. The molecule has 3 aliphatic rings. The molecule has 26 heavy (non-hydrogen) atoms. The van der Waals surface area contributed by atoms with Crippen LogP contribution in [-0.4, -0.2) is 64.6 Å². The molecule has 1 aromatic carbocycles. The number of thioether (sulfide) groups is 1. The van der Waals surface area contributed by atoms with Gasteiger partial charge < -0.3 is 9.64 Å². The molecule has 0 unspecified atom stereocenters. The second kappa shape index (κ2) is 6.28. The quantitative estimate of drug-likeness (QED) is 0.800. The topological polar surface area (TPSA) is 79.0 Å². The van der Waals surface area contributed by atoms with Crippen LogP contribution in [0.15, 0.2) is 18.2 Å². The number of benzene rings is 1. The van der Waals surface area contributed by atoms with Crippen LogP contribution in [0.4, 0.5) is 20.6 Å². The van der Waals surface area contributed by atoms with Crippen molar-refractivity contribution < 1.29 is 22.3 Å². The fourth-order valence-electron chi connectivity index (χ4n) is 3.51. The van der Waals surface area contributed by atoms with Gasteiger partial charge in [-0.25, -0.2) is 22.3 Å². The highest BCUT2D eigenvalue weighted by atomic mass is 32.2. The van der Waals surface area contributed by atoms with Crippen LogP contribution in [0.2, 0.25) is 0 Å². The third kappa shape index (κ3) is 3.37. The van der Waals surface area contributed by atoms with Gasteiger partial charge in [0.15, 0.2) is 0 Å². The second-order valence-corrected chi connectivity index (χ2v) is 10.0. The van der Waals surface area contributed by atoms with Crippen molar-refractivity contribution >= 4 is 39.3 Å². The maximum atomic E-state index is 14.6. The van der Waals surface area contributed by atoms with Crippen LogP contribution in [0.3, 0.4) is 0 Å². The van der Waals surface area contributed by atoms with Crippen molar-refractivity contribution in [2.45, 2.75) is 6.10 Å². The molecule has 3 heterocycles. The van der Waals surface area contributed by atoms with Gasteiger partial charge in [0.1, 0.15) is 11.9 Å². The van der Waals surface area contributed by atoms with Gasteiger partial charge in [0.25, 0.3) is 0 Å². The summed E-state index contributed by atoms with van der Waals surface area (Å²) in [5.74, 6) is 1.92. The number of nitrogens with zero attached hydrogens (tertiary/aromatic N) is 2. The Balaban J connectivity index is 1.41. The van der Waals surface area contributed by atoms with Crippen molar-refractivity contribution in [1.29, 1.82) is 0 Å². The Kier molecular flexibility index (Phi) is 4.31. The normalized spacial score (nSPS) is 24.4. The van der Waals surface area contributed by atoms with E-state index in [0.717, 1.165) is 30.9 Å². The van der Waals surface area contributed by atoms with E-state index in [1.165, 1.54) is 11.0 Å². The van der Waals surface area contributed by atoms with Gasteiger partial charge in [-0.15, -0.1) is 0 Å². The third-order valence-electron chi connectivity index (χ3n) is 4.90. The van der Waals surface area contributed by atoms with Crippen LogP contribution in [-0.2, 0) is 14.8 Å². The first-order chi connectivity index (χ1) is 12.2. The first kappa shape index (κ1) is 17.9. The smallest absolute Gasteiger partial charge is 0.414 e. The minimum Gasteiger partial charge on any atom is -0.443 e. The van der Waals surface area contributed by atoms with Crippen LogP contribution in [0.25, 0.3) is 0 Å². The van der Waals surface area contributed by atoms with Crippen molar-refractivity contribution in [3.05, 3.63) is 24.0 Å². The molecule has 3 aliphatic heterocycles. The lowest BCUT2D eigenvalue weighted by atomic mass is 9.82. The molecule has 1 aromatic rings. The first-order valence-corrected chi connectivity index (χ1v) is 11.3. The van der Waals surface area contributed by atoms with Gasteiger partial charge in [-0.05, 0) is 18.2 Å². The van der Waals surface area contributed by atoms with E-state index in [1.807, 2.05) is 16.7 Å². The number of cyclic esters (lactones) is 1. The number of nitrogens with one attached hydrogen (secondary N) is 1. The average Bonchev–Trinajstić information content (AvgIpc) is 2.84. The zero-order valence-electron chi connectivity index (χ0n) is 14.3. The number of ether oxygens (including phenoxy) is 1. The number of rotatable bonds is 5. The maximum absolute atomic E-state index is 14.6. The summed E-state index contributed by atoms with van der Waals surface area (Å²) in [4.78, 5) is 15.4. The summed E-state index contributed by atoms with van der Waals surface area (Å²) in [6.07, 6.45) is -0.170. The lowest BCUT2D eigenvalue weighted by molar-refractivity contribution is 0.143. The number of anilines is 2. The molecule has 0 aliphatic carbocycles. The number of amides is 1. The molecule has 1 atom stereocenters. The van der Waals surface area contributed by atoms with Gasteiger partial charge >= 0.3 is 6.09 Å². The fourth-order valence-corrected chi connectivity index (χ4v) is 5.15. The van der Waals surface area contributed by atoms with E-state index in [0.29, 0.717) is 16.8 Å².